The van der Waals surface area contributed by atoms with Crippen molar-refractivity contribution in [3.8, 4) is 0 Å². The molecule has 2 aliphatic rings. The van der Waals surface area contributed by atoms with Gasteiger partial charge < -0.3 is 9.64 Å². The van der Waals surface area contributed by atoms with Crippen molar-refractivity contribution in [1.82, 2.24) is 4.90 Å². The summed E-state index contributed by atoms with van der Waals surface area (Å²) in [6.07, 6.45) is 1.63. The van der Waals surface area contributed by atoms with Gasteiger partial charge in [-0.15, -0.1) is 0 Å². The van der Waals surface area contributed by atoms with Crippen LogP contribution in [0, 0.1) is 17.8 Å². The molecule has 0 N–H and O–H groups in total. The summed E-state index contributed by atoms with van der Waals surface area (Å²) in [5, 5.41) is 0.451. The van der Waals surface area contributed by atoms with Crippen molar-refractivity contribution in [1.29, 1.82) is 0 Å². The van der Waals surface area contributed by atoms with E-state index in [9.17, 15) is 9.59 Å². The Bertz CT molecular complexity index is 363. The third-order valence-corrected chi connectivity index (χ3v) is 4.54. The highest BCUT2D eigenvalue weighted by Gasteiger charge is 2.44. The molecule has 0 aromatic carbocycles. The predicted octanol–water partition coefficient (Wildman–Crippen LogP) is 2.84. The lowest BCUT2D eigenvalue weighted by atomic mass is 10.0. The maximum absolute atomic E-state index is 12.0. The molecule has 108 valence electrons. The maximum atomic E-state index is 12.0. The van der Waals surface area contributed by atoms with Crippen molar-refractivity contribution in [3.63, 3.8) is 0 Å². The van der Waals surface area contributed by atoms with Gasteiger partial charge in [0.1, 0.15) is 11.4 Å². The molecule has 2 rings (SSSR count). The summed E-state index contributed by atoms with van der Waals surface area (Å²) in [4.78, 5) is 25.5. The highest BCUT2D eigenvalue weighted by molar-refractivity contribution is 9.09. The molecule has 0 spiro atoms. The van der Waals surface area contributed by atoms with Crippen LogP contribution in [0.2, 0.25) is 0 Å². The normalized spacial score (nSPS) is 30.3. The van der Waals surface area contributed by atoms with Gasteiger partial charge in [0.15, 0.2) is 0 Å². The van der Waals surface area contributed by atoms with E-state index in [1.165, 1.54) is 0 Å². The van der Waals surface area contributed by atoms with E-state index in [4.69, 9.17) is 4.74 Å². The second-order valence-corrected chi connectivity index (χ2v) is 7.23. The highest BCUT2D eigenvalue weighted by Crippen LogP contribution is 2.42. The fraction of sp³-hybridized carbons (Fsp3) is 0.857. The Morgan fingerprint density at radius 3 is 2.16 bits per heavy atom. The van der Waals surface area contributed by atoms with E-state index in [0.717, 1.165) is 25.9 Å². The third kappa shape index (κ3) is 3.50. The largest absolute Gasteiger partial charge is 0.444 e. The number of likely N-dealkylation sites (tertiary alicyclic amines) is 1. The van der Waals surface area contributed by atoms with Crippen LogP contribution >= 0.6 is 15.9 Å². The molecule has 2 fully saturated rings. The van der Waals surface area contributed by atoms with E-state index in [2.05, 4.69) is 15.9 Å². The van der Waals surface area contributed by atoms with Crippen LogP contribution in [0.25, 0.3) is 0 Å². The lowest BCUT2D eigenvalue weighted by Crippen LogP contribution is -2.36. The van der Waals surface area contributed by atoms with Crippen LogP contribution in [0.3, 0.4) is 0 Å². The number of ether oxygens (including phenoxy) is 1. The van der Waals surface area contributed by atoms with Gasteiger partial charge in [0.2, 0.25) is 0 Å². The number of nitrogens with zero attached hydrogens (tertiary/aromatic N) is 1. The molecule has 19 heavy (non-hydrogen) atoms. The number of carbonyl (C=O) groups is 2. The number of ketones is 1. The molecular weight excluding hydrogens is 310 g/mol. The first-order chi connectivity index (χ1) is 8.80. The summed E-state index contributed by atoms with van der Waals surface area (Å²) < 4.78 is 5.39. The summed E-state index contributed by atoms with van der Waals surface area (Å²) in [6, 6.07) is 0. The van der Waals surface area contributed by atoms with Gasteiger partial charge in [-0.05, 0) is 45.4 Å². The number of Topliss-reactive ketones (excluding diaryl/α,β-unsaturated/α-hetero) is 1. The fourth-order valence-electron chi connectivity index (χ4n) is 3.15. The number of rotatable bonds is 2. The quantitative estimate of drug-likeness (QED) is 0.731. The molecular formula is C14H22BrNO3. The first-order valence-electron chi connectivity index (χ1n) is 6.86. The van der Waals surface area contributed by atoms with Crippen molar-refractivity contribution < 1.29 is 14.3 Å². The van der Waals surface area contributed by atoms with Crippen molar-refractivity contribution in [2.24, 2.45) is 17.8 Å². The lowest BCUT2D eigenvalue weighted by molar-refractivity contribution is -0.120. The van der Waals surface area contributed by atoms with Gasteiger partial charge in [-0.3, -0.25) is 4.79 Å². The topological polar surface area (TPSA) is 46.6 Å². The standard InChI is InChI=1S/C14H22BrNO3/c1-14(2,3)19-13(18)16-7-10-4-9(12(17)6-15)5-11(10)8-16/h9-11H,4-8H2,1-3H3. The van der Waals surface area contributed by atoms with E-state index >= 15 is 0 Å². The summed E-state index contributed by atoms with van der Waals surface area (Å²) in [7, 11) is 0. The first kappa shape index (κ1) is 14.8. The molecule has 1 aliphatic carbocycles. The molecule has 5 heteroatoms. The Labute approximate surface area is 123 Å². The van der Waals surface area contributed by atoms with Gasteiger partial charge in [0.25, 0.3) is 0 Å². The second-order valence-electron chi connectivity index (χ2n) is 6.67. The van der Waals surface area contributed by atoms with Crippen molar-refractivity contribution >= 4 is 27.8 Å². The van der Waals surface area contributed by atoms with Crippen LogP contribution in [0.1, 0.15) is 33.6 Å². The van der Waals surface area contributed by atoms with Crippen LogP contribution in [-0.4, -0.2) is 40.8 Å². The Balaban J connectivity index is 1.87. The van der Waals surface area contributed by atoms with E-state index in [0.29, 0.717) is 22.9 Å². The SMILES string of the molecule is CC(C)(C)OC(=O)N1CC2CC(C(=O)CBr)CC2C1. The molecule has 1 amide bonds. The maximum Gasteiger partial charge on any atom is 0.410 e. The first-order valence-corrected chi connectivity index (χ1v) is 7.99. The highest BCUT2D eigenvalue weighted by atomic mass is 79.9. The summed E-state index contributed by atoms with van der Waals surface area (Å²) >= 11 is 3.24. The van der Waals surface area contributed by atoms with Crippen LogP contribution < -0.4 is 0 Å². The lowest BCUT2D eigenvalue weighted by Gasteiger charge is -2.25. The third-order valence-electron chi connectivity index (χ3n) is 3.99. The number of alkyl halides is 1. The average molecular weight is 332 g/mol. The molecule has 2 unspecified atom stereocenters. The van der Waals surface area contributed by atoms with Gasteiger partial charge in [-0.1, -0.05) is 15.9 Å². The molecule has 1 saturated heterocycles. The number of fused-ring (bicyclic) bond motifs is 1. The average Bonchev–Trinajstić information content (AvgIpc) is 2.82. The molecule has 4 nitrogen and oxygen atoms in total. The Morgan fingerprint density at radius 2 is 1.74 bits per heavy atom. The van der Waals surface area contributed by atoms with Crippen molar-refractivity contribution in [2.75, 3.05) is 18.4 Å². The smallest absolute Gasteiger partial charge is 0.410 e. The zero-order chi connectivity index (χ0) is 14.2. The second kappa shape index (κ2) is 5.43. The minimum absolute atomic E-state index is 0.190. The molecule has 1 aliphatic heterocycles. The molecule has 0 radical (unpaired) electrons. The monoisotopic (exact) mass is 331 g/mol. The minimum atomic E-state index is -0.441. The molecule has 0 aromatic rings. The van der Waals surface area contributed by atoms with E-state index < -0.39 is 5.60 Å². The summed E-state index contributed by atoms with van der Waals surface area (Å²) in [5.74, 6) is 1.44. The number of halogens is 1. The molecule has 2 atom stereocenters. The number of hydrogen-bond acceptors (Lipinski definition) is 3. The minimum Gasteiger partial charge on any atom is -0.444 e. The van der Waals surface area contributed by atoms with Gasteiger partial charge in [-0.25, -0.2) is 4.79 Å². The van der Waals surface area contributed by atoms with Crippen molar-refractivity contribution in [3.05, 3.63) is 0 Å². The van der Waals surface area contributed by atoms with Crippen LogP contribution in [0.5, 0.6) is 0 Å². The van der Waals surface area contributed by atoms with Crippen LogP contribution in [-0.2, 0) is 9.53 Å². The summed E-state index contributed by atoms with van der Waals surface area (Å²) in [6.45, 7) is 7.13. The van der Waals surface area contributed by atoms with E-state index in [1.807, 2.05) is 20.8 Å². The zero-order valence-corrected chi connectivity index (χ0v) is 13.4. The van der Waals surface area contributed by atoms with Gasteiger partial charge in [0.05, 0.1) is 5.33 Å². The number of hydrogen-bond donors (Lipinski definition) is 0. The fourth-order valence-corrected chi connectivity index (χ4v) is 3.61. The molecule has 0 aromatic heterocycles. The molecule has 0 bridgehead atoms. The Kier molecular flexibility index (Phi) is 4.23. The van der Waals surface area contributed by atoms with Gasteiger partial charge in [0, 0.05) is 19.0 Å². The molecule has 1 saturated carbocycles. The Morgan fingerprint density at radius 1 is 1.21 bits per heavy atom. The summed E-state index contributed by atoms with van der Waals surface area (Å²) in [5.41, 5.74) is -0.441. The van der Waals surface area contributed by atoms with Crippen LogP contribution in [0.4, 0.5) is 4.79 Å². The zero-order valence-electron chi connectivity index (χ0n) is 11.8. The van der Waals surface area contributed by atoms with Crippen molar-refractivity contribution in [2.45, 2.75) is 39.2 Å². The van der Waals surface area contributed by atoms with Gasteiger partial charge >= 0.3 is 6.09 Å². The Hall–Kier alpha value is -0.580. The number of amides is 1. The van der Waals surface area contributed by atoms with Crippen LogP contribution in [0.15, 0.2) is 0 Å². The van der Waals surface area contributed by atoms with E-state index in [-0.39, 0.29) is 12.0 Å². The molecule has 1 heterocycles. The predicted molar refractivity (Wildman–Crippen MR) is 76.3 cm³/mol. The number of carbonyl (C=O) groups excluding carboxylic acids is 2. The van der Waals surface area contributed by atoms with Gasteiger partial charge in [-0.2, -0.15) is 0 Å². The van der Waals surface area contributed by atoms with E-state index in [1.54, 1.807) is 4.90 Å².